The average molecular weight is 330 g/mol. The Balaban J connectivity index is 2.01. The van der Waals surface area contributed by atoms with Crippen molar-refractivity contribution >= 4 is 10.0 Å². The van der Waals surface area contributed by atoms with Gasteiger partial charge in [-0.25, -0.2) is 8.42 Å². The molecule has 0 unspecified atom stereocenters. The number of aryl methyl sites for hydroxylation is 2. The molecule has 3 rings (SSSR count). The molecule has 5 heteroatoms. The van der Waals surface area contributed by atoms with E-state index in [9.17, 15) is 8.42 Å². The molecule has 1 aliphatic heterocycles. The molecule has 1 fully saturated rings. The molecule has 2 heterocycles. The number of sulfonamides is 1. The Labute approximate surface area is 138 Å². The van der Waals surface area contributed by atoms with Gasteiger partial charge in [0, 0.05) is 18.9 Å². The zero-order valence-corrected chi connectivity index (χ0v) is 14.4. The van der Waals surface area contributed by atoms with Crippen LogP contribution in [0.15, 0.2) is 47.6 Å². The van der Waals surface area contributed by atoms with Crippen molar-refractivity contribution in [2.45, 2.75) is 44.0 Å². The van der Waals surface area contributed by atoms with E-state index < -0.39 is 10.0 Å². The van der Waals surface area contributed by atoms with Gasteiger partial charge in [0.05, 0.1) is 10.9 Å². The van der Waals surface area contributed by atoms with Crippen molar-refractivity contribution in [3.05, 3.63) is 59.4 Å². The van der Waals surface area contributed by atoms with E-state index >= 15 is 0 Å². The first-order chi connectivity index (χ1) is 11.0. The van der Waals surface area contributed by atoms with Crippen molar-refractivity contribution in [2.75, 3.05) is 6.54 Å². The van der Waals surface area contributed by atoms with Crippen LogP contribution in [0, 0.1) is 13.8 Å². The van der Waals surface area contributed by atoms with Crippen LogP contribution in [0.2, 0.25) is 0 Å². The molecule has 1 aliphatic rings. The van der Waals surface area contributed by atoms with Crippen molar-refractivity contribution in [1.29, 1.82) is 0 Å². The van der Waals surface area contributed by atoms with Crippen LogP contribution in [0.1, 0.15) is 42.0 Å². The largest absolute Gasteiger partial charge is 0.264 e. The zero-order chi connectivity index (χ0) is 16.4. The summed E-state index contributed by atoms with van der Waals surface area (Å²) in [5.74, 6) is 0. The van der Waals surface area contributed by atoms with Crippen LogP contribution in [0.3, 0.4) is 0 Å². The quantitative estimate of drug-likeness (QED) is 0.864. The minimum Gasteiger partial charge on any atom is -0.264 e. The molecule has 0 amide bonds. The molecule has 0 bridgehead atoms. The van der Waals surface area contributed by atoms with Gasteiger partial charge in [0.15, 0.2) is 0 Å². The van der Waals surface area contributed by atoms with E-state index in [0.29, 0.717) is 11.4 Å². The number of aromatic nitrogens is 1. The van der Waals surface area contributed by atoms with Crippen LogP contribution in [0.4, 0.5) is 0 Å². The molecule has 1 atom stereocenters. The van der Waals surface area contributed by atoms with Crippen molar-refractivity contribution in [3.8, 4) is 0 Å². The van der Waals surface area contributed by atoms with Gasteiger partial charge in [-0.1, -0.05) is 24.1 Å². The second-order valence-electron chi connectivity index (χ2n) is 6.17. The molecule has 0 radical (unpaired) electrons. The highest BCUT2D eigenvalue weighted by Crippen LogP contribution is 2.36. The van der Waals surface area contributed by atoms with Gasteiger partial charge in [-0.3, -0.25) is 4.98 Å². The summed E-state index contributed by atoms with van der Waals surface area (Å²) in [6.45, 7) is 4.54. The Hall–Kier alpha value is -1.72. The highest BCUT2D eigenvalue weighted by Gasteiger charge is 2.35. The fraction of sp³-hybridized carbons (Fsp3) is 0.389. The monoisotopic (exact) mass is 330 g/mol. The summed E-state index contributed by atoms with van der Waals surface area (Å²) in [5.41, 5.74) is 3.17. The van der Waals surface area contributed by atoms with E-state index in [1.54, 1.807) is 22.6 Å². The smallest absolute Gasteiger partial charge is 0.243 e. The second-order valence-corrected chi connectivity index (χ2v) is 8.06. The van der Waals surface area contributed by atoms with Gasteiger partial charge in [0.1, 0.15) is 0 Å². The number of hydrogen-bond donors (Lipinski definition) is 0. The molecule has 0 N–H and O–H groups in total. The number of pyridine rings is 1. The fourth-order valence-electron chi connectivity index (χ4n) is 3.17. The highest BCUT2D eigenvalue weighted by molar-refractivity contribution is 7.89. The molecular weight excluding hydrogens is 308 g/mol. The fourth-order valence-corrected chi connectivity index (χ4v) is 4.85. The molecule has 23 heavy (non-hydrogen) atoms. The number of hydrogen-bond acceptors (Lipinski definition) is 3. The summed E-state index contributed by atoms with van der Waals surface area (Å²) in [5, 5.41) is 0. The predicted octanol–water partition coefficient (Wildman–Crippen LogP) is 3.61. The van der Waals surface area contributed by atoms with Crippen molar-refractivity contribution < 1.29 is 8.42 Å². The van der Waals surface area contributed by atoms with Crippen molar-refractivity contribution in [2.24, 2.45) is 0 Å². The Morgan fingerprint density at radius 3 is 2.52 bits per heavy atom. The minimum atomic E-state index is -3.49. The summed E-state index contributed by atoms with van der Waals surface area (Å²) in [6, 6.07) is 8.92. The first kappa shape index (κ1) is 16.1. The lowest BCUT2D eigenvalue weighted by Crippen LogP contribution is -2.38. The molecular formula is C18H22N2O2S. The molecule has 4 nitrogen and oxygen atoms in total. The van der Waals surface area contributed by atoms with Crippen LogP contribution in [0.5, 0.6) is 0 Å². The van der Waals surface area contributed by atoms with E-state index in [0.717, 1.165) is 36.0 Å². The summed E-state index contributed by atoms with van der Waals surface area (Å²) in [6.07, 6.45) is 6.35. The molecule has 1 saturated heterocycles. The maximum atomic E-state index is 13.1. The molecule has 1 aromatic heterocycles. The van der Waals surface area contributed by atoms with E-state index in [2.05, 4.69) is 4.98 Å². The van der Waals surface area contributed by atoms with Gasteiger partial charge in [-0.15, -0.1) is 0 Å². The normalized spacial score (nSPS) is 19.7. The van der Waals surface area contributed by atoms with E-state index in [4.69, 9.17) is 0 Å². The van der Waals surface area contributed by atoms with Crippen molar-refractivity contribution in [1.82, 2.24) is 9.29 Å². The first-order valence-electron chi connectivity index (χ1n) is 7.99. The summed E-state index contributed by atoms with van der Waals surface area (Å²) in [7, 11) is -3.49. The third-order valence-electron chi connectivity index (χ3n) is 4.52. The predicted molar refractivity (Wildman–Crippen MR) is 90.6 cm³/mol. The summed E-state index contributed by atoms with van der Waals surface area (Å²) >= 11 is 0. The molecule has 0 aliphatic carbocycles. The maximum Gasteiger partial charge on any atom is 0.243 e. The number of benzene rings is 1. The Morgan fingerprint density at radius 2 is 1.83 bits per heavy atom. The summed E-state index contributed by atoms with van der Waals surface area (Å²) < 4.78 is 27.9. The molecule has 122 valence electrons. The standard InChI is InChI=1S/C18H22N2O2S/c1-14-6-8-16(9-7-14)23(21,22)20-12-4-3-5-18(20)17-13-19-11-10-15(17)2/h6-11,13,18H,3-5,12H2,1-2H3/t18-/m1/s1. The average Bonchev–Trinajstić information content (AvgIpc) is 2.56. The molecule has 0 spiro atoms. The van der Waals surface area contributed by atoms with Crippen LogP contribution in [-0.2, 0) is 10.0 Å². The lowest BCUT2D eigenvalue weighted by Gasteiger charge is -2.35. The van der Waals surface area contributed by atoms with Gasteiger partial charge < -0.3 is 0 Å². The second kappa shape index (κ2) is 6.42. The molecule has 0 saturated carbocycles. The van der Waals surface area contributed by atoms with E-state index in [1.807, 2.05) is 38.2 Å². The highest BCUT2D eigenvalue weighted by atomic mass is 32.2. The topological polar surface area (TPSA) is 50.3 Å². The third kappa shape index (κ3) is 3.16. The lowest BCUT2D eigenvalue weighted by atomic mass is 9.96. The Bertz CT molecular complexity index is 785. The molecule has 2 aromatic rings. The third-order valence-corrected chi connectivity index (χ3v) is 6.44. The Morgan fingerprint density at radius 1 is 1.09 bits per heavy atom. The van der Waals surface area contributed by atoms with Gasteiger partial charge in [0.2, 0.25) is 10.0 Å². The minimum absolute atomic E-state index is 0.122. The lowest BCUT2D eigenvalue weighted by molar-refractivity contribution is 0.255. The van der Waals surface area contributed by atoms with Gasteiger partial charge in [-0.2, -0.15) is 4.31 Å². The van der Waals surface area contributed by atoms with Crippen LogP contribution >= 0.6 is 0 Å². The SMILES string of the molecule is Cc1ccc(S(=O)(=O)N2CCCC[C@@H]2c2cnccc2C)cc1. The molecule has 1 aromatic carbocycles. The van der Waals surface area contributed by atoms with Crippen LogP contribution in [0.25, 0.3) is 0 Å². The van der Waals surface area contributed by atoms with Crippen molar-refractivity contribution in [3.63, 3.8) is 0 Å². The van der Waals surface area contributed by atoms with Gasteiger partial charge in [0.25, 0.3) is 0 Å². The number of rotatable bonds is 3. The van der Waals surface area contributed by atoms with Crippen LogP contribution in [-0.4, -0.2) is 24.3 Å². The Kier molecular flexibility index (Phi) is 4.50. The van der Waals surface area contributed by atoms with E-state index in [1.165, 1.54) is 0 Å². The number of piperidine rings is 1. The van der Waals surface area contributed by atoms with Crippen LogP contribution < -0.4 is 0 Å². The first-order valence-corrected chi connectivity index (χ1v) is 9.43. The van der Waals surface area contributed by atoms with Gasteiger partial charge in [-0.05, 0) is 56.0 Å². The summed E-state index contributed by atoms with van der Waals surface area (Å²) in [4.78, 5) is 4.57. The van der Waals surface area contributed by atoms with E-state index in [-0.39, 0.29) is 6.04 Å². The number of nitrogens with zero attached hydrogens (tertiary/aromatic N) is 2. The van der Waals surface area contributed by atoms with Gasteiger partial charge >= 0.3 is 0 Å². The maximum absolute atomic E-state index is 13.1. The zero-order valence-electron chi connectivity index (χ0n) is 13.6.